The predicted molar refractivity (Wildman–Crippen MR) is 343 cm³/mol. The third kappa shape index (κ3) is 19.7. The fourth-order valence-corrected chi connectivity index (χ4v) is 14.5. The molecule has 0 spiro atoms. The lowest BCUT2D eigenvalue weighted by Gasteiger charge is -2.52. The Morgan fingerprint density at radius 2 is 0.811 bits per heavy atom. The monoisotopic (exact) mass is 1620 g/mol. The van der Waals surface area contributed by atoms with Crippen LogP contribution in [0.25, 0.3) is 0 Å². The molecule has 9 fully saturated rings. The van der Waals surface area contributed by atoms with Crippen LogP contribution in [0.15, 0.2) is 0 Å². The highest BCUT2D eigenvalue weighted by molar-refractivity contribution is 5.76. The summed E-state index contributed by atoms with van der Waals surface area (Å²) in [5.74, 6) is -8.55. The number of carbonyl (C=O) groups is 4. The molecule has 0 aromatic carbocycles. The van der Waals surface area contributed by atoms with Crippen LogP contribution in [0.5, 0.6) is 0 Å². The van der Waals surface area contributed by atoms with Crippen LogP contribution in [0.4, 0.5) is 0 Å². The Morgan fingerprint density at radius 1 is 0.387 bits per heavy atom. The van der Waals surface area contributed by atoms with Gasteiger partial charge in [0.1, 0.15) is 195 Å². The molecule has 111 heavy (non-hydrogen) atoms. The van der Waals surface area contributed by atoms with Crippen LogP contribution < -0.4 is 16.0 Å². The van der Waals surface area contributed by atoms with E-state index < -0.39 is 345 Å². The van der Waals surface area contributed by atoms with Crippen LogP contribution in [0, 0.1) is 0 Å². The van der Waals surface area contributed by atoms with Gasteiger partial charge in [0.2, 0.25) is 17.7 Å². The maximum atomic E-state index is 14.1. The van der Waals surface area contributed by atoms with Crippen molar-refractivity contribution in [3.8, 4) is 0 Å². The van der Waals surface area contributed by atoms with Crippen molar-refractivity contribution in [3.05, 3.63) is 0 Å². The Bertz CT molecular complexity index is 3000. The van der Waals surface area contributed by atoms with Gasteiger partial charge in [0.25, 0.3) is 5.79 Å². The second-order valence-corrected chi connectivity index (χ2v) is 28.8. The zero-order valence-electron chi connectivity index (χ0n) is 60.5. The molecule has 0 aromatic rings. The summed E-state index contributed by atoms with van der Waals surface area (Å²) in [6, 6.07) is -5.49. The zero-order chi connectivity index (χ0) is 82.2. The Morgan fingerprint density at radius 3 is 1.32 bits per heavy atom. The maximum absolute atomic E-state index is 14.1. The molecule has 9 rings (SSSR count). The molecule has 9 saturated heterocycles. The van der Waals surface area contributed by atoms with Crippen LogP contribution >= 0.6 is 0 Å². The number of nitrogens with one attached hydrogen (secondary N) is 3. The molecule has 48 nitrogen and oxygen atoms in total. The van der Waals surface area contributed by atoms with Gasteiger partial charge in [0.15, 0.2) is 50.3 Å². The van der Waals surface area contributed by atoms with E-state index in [1.54, 1.807) is 0 Å². The summed E-state index contributed by atoms with van der Waals surface area (Å²) in [5, 5.41) is 275. The number of rotatable bonds is 27. The molecule has 9 aliphatic rings. The lowest BCUT2D eigenvalue weighted by Crippen LogP contribution is -2.71. The number of hydrogen-bond donors (Lipinski definition) is 27. The van der Waals surface area contributed by atoms with Crippen molar-refractivity contribution in [1.82, 2.24) is 16.0 Å². The number of hydrogen-bond acceptors (Lipinski definition) is 44. The van der Waals surface area contributed by atoms with Crippen LogP contribution in [0.1, 0.15) is 54.9 Å². The Hall–Kier alpha value is -3.72. The predicted octanol–water partition coefficient (Wildman–Crippen LogP) is -16.9. The van der Waals surface area contributed by atoms with Gasteiger partial charge < -0.3 is 219 Å². The fraction of sp³-hybridized carbons (Fsp3) is 0.937. The maximum Gasteiger partial charge on any atom is 0.364 e. The summed E-state index contributed by atoms with van der Waals surface area (Å²) in [7, 11) is 0. The standard InChI is InChI=1S/C63H105N3O45/c1-14-30(75)40(85)43(88)57(96-14)107-49-29(66-20(7)73)55(104-25(12-70)47(49)105-56-27(64-18(5)71)39(84)35(80)23(10-68)102-56)95-13-26-38(83)48(28(54(92)100-26)65-19(6)72)106-60-46(91)51(37(82)24(11-69)103-60)111-63(62(93)94)8-22(36(81)50(110-63)34(79)21(74)9-67)101-61-53(109-59-45(90)42(87)32(77)16(3)98-59)52(33(78)17(4)99-61)108-58-44(89)41(86)31(76)15(2)97-58/h14-17,21-61,67-70,74-92H,8-13H2,1-7H3,(H,64,71)(H,65,72)(H,66,73)(H,93,94)/t14-,15-,16-,17-,21+,22-,23+,24+,25+,26+,27+,28+,29+,30+,31+,32+,33+,34+,35-,36+,37-,38-,39+,40+,41+,42+,43-,44-,45-,46+,47+,48+,49+,50-,51-,52+,53-,54?,55+,56-,57-,58-,59-,60-,61-,63-/m0/s1. The molecular weight excluding hydrogens is 1520 g/mol. The molecule has 46 atom stereocenters. The van der Waals surface area contributed by atoms with Crippen LogP contribution in [0.2, 0.25) is 0 Å². The van der Waals surface area contributed by atoms with Gasteiger partial charge in [-0.25, -0.2) is 4.79 Å². The number of aliphatic hydroxyl groups excluding tert-OH is 23. The first kappa shape index (κ1) is 91.2. The van der Waals surface area contributed by atoms with Crippen molar-refractivity contribution in [2.75, 3.05) is 33.0 Å². The lowest BCUT2D eigenvalue weighted by molar-refractivity contribution is -0.409. The van der Waals surface area contributed by atoms with Gasteiger partial charge in [-0.1, -0.05) is 0 Å². The van der Waals surface area contributed by atoms with Crippen molar-refractivity contribution in [2.24, 2.45) is 0 Å². The highest BCUT2D eigenvalue weighted by Gasteiger charge is 2.64. The molecule has 48 heteroatoms. The summed E-state index contributed by atoms with van der Waals surface area (Å²) in [6.45, 7) is 2.15. The zero-order valence-corrected chi connectivity index (χ0v) is 60.5. The summed E-state index contributed by atoms with van der Waals surface area (Å²) < 4.78 is 101. The van der Waals surface area contributed by atoms with Gasteiger partial charge in [0, 0.05) is 27.2 Å². The minimum Gasteiger partial charge on any atom is -0.477 e. The second kappa shape index (κ2) is 38.3. The second-order valence-electron chi connectivity index (χ2n) is 28.8. The van der Waals surface area contributed by atoms with Gasteiger partial charge in [-0.3, -0.25) is 14.4 Å². The number of carboxylic acid groups (broad SMARTS) is 1. The Labute approximate surface area is 630 Å². The van der Waals surface area contributed by atoms with E-state index in [1.807, 2.05) is 0 Å². The summed E-state index contributed by atoms with van der Waals surface area (Å²) >= 11 is 0. The number of carboxylic acids is 1. The van der Waals surface area contributed by atoms with E-state index >= 15 is 0 Å². The first-order valence-electron chi connectivity index (χ1n) is 35.7. The van der Waals surface area contributed by atoms with Gasteiger partial charge >= 0.3 is 5.97 Å². The average Bonchev–Trinajstić information content (AvgIpc) is 0.751. The van der Waals surface area contributed by atoms with E-state index in [-0.39, 0.29) is 0 Å². The fourth-order valence-electron chi connectivity index (χ4n) is 14.5. The van der Waals surface area contributed by atoms with E-state index in [0.717, 1.165) is 20.8 Å². The molecular formula is C63H105N3O45. The van der Waals surface area contributed by atoms with Crippen LogP contribution in [-0.4, -0.2) is 461 Å². The van der Waals surface area contributed by atoms with E-state index in [9.17, 15) is 142 Å². The summed E-state index contributed by atoms with van der Waals surface area (Å²) in [6.07, 6.45) is -87.0. The SMILES string of the molecule is CC(=O)N[C@H]1[C@H](O[C@H]2[C@H](O[C@@H]3O[C@@H](C)[C@@H](O)[C@@H](O)[C@@H]3O)[C@@H](NC(C)=O)[C@H](OC[C@H]3OC(O)[C@H](NC(C)=O)[C@@H](O[C@@H]4O[C@H](CO)[C@H](O)[C@H](O[C@]5(C(=O)O)C[C@H](O[C@@H]6O[C@@H](C)[C@@H](O)[C@@H](O[C@@H]7O[C@@H](C)[C@@H](O)[C@@H](O)[C@@H]7O)[C@@H]6O[C@@H]6O[C@@H](C)[C@@H](O)[C@@H](O)[C@@H]6O)[C@@H](O)[C@H]([C@H](O)[C@H](O)CO)O5)[C@H]4O)[C@H]3O)O[C@@H]2CO)O[C@H](CO)[C@H](O)[C@@H]1O. The molecule has 0 bridgehead atoms. The van der Waals surface area contributed by atoms with Crippen molar-refractivity contribution in [3.63, 3.8) is 0 Å². The number of aliphatic hydroxyl groups is 23. The van der Waals surface area contributed by atoms with E-state index in [2.05, 4.69) is 16.0 Å². The third-order valence-electron chi connectivity index (χ3n) is 20.8. The third-order valence-corrected chi connectivity index (χ3v) is 20.8. The van der Waals surface area contributed by atoms with Gasteiger partial charge in [-0.2, -0.15) is 0 Å². The Balaban J connectivity index is 1.02. The summed E-state index contributed by atoms with van der Waals surface area (Å²) in [4.78, 5) is 52.7. The number of carbonyl (C=O) groups excluding carboxylic acids is 3. The molecule has 3 amide bonds. The van der Waals surface area contributed by atoms with Crippen molar-refractivity contribution >= 4 is 23.7 Å². The molecule has 9 heterocycles. The topological polar surface area (TPSA) is 747 Å². The van der Waals surface area contributed by atoms with Gasteiger partial charge in [-0.05, 0) is 27.7 Å². The number of ether oxygens (including phenoxy) is 17. The first-order chi connectivity index (χ1) is 52.1. The normalized spacial score (nSPS) is 49.9. The minimum atomic E-state index is -3.58. The molecule has 27 N–H and O–H groups in total. The number of amides is 3. The molecule has 0 radical (unpaired) electrons. The van der Waals surface area contributed by atoms with E-state index in [0.29, 0.717) is 0 Å². The lowest BCUT2D eigenvalue weighted by atomic mass is 9.89. The van der Waals surface area contributed by atoms with Gasteiger partial charge in [-0.15, -0.1) is 0 Å². The molecule has 0 aromatic heterocycles. The van der Waals surface area contributed by atoms with E-state index in [1.165, 1.54) is 27.7 Å². The van der Waals surface area contributed by atoms with Crippen molar-refractivity contribution in [1.29, 1.82) is 0 Å². The molecule has 0 aliphatic carbocycles. The highest BCUT2D eigenvalue weighted by Crippen LogP contribution is 2.43. The molecule has 0 saturated carbocycles. The largest absolute Gasteiger partial charge is 0.477 e. The van der Waals surface area contributed by atoms with Crippen molar-refractivity contribution < 1.29 is 222 Å². The van der Waals surface area contributed by atoms with Crippen molar-refractivity contribution in [2.45, 2.75) is 337 Å². The number of aliphatic carboxylic acids is 1. The quantitative estimate of drug-likeness (QED) is 0.0363. The van der Waals surface area contributed by atoms with Crippen LogP contribution in [-0.2, 0) is 99.7 Å². The summed E-state index contributed by atoms with van der Waals surface area (Å²) in [5.41, 5.74) is 0. The van der Waals surface area contributed by atoms with Gasteiger partial charge in [0.05, 0.1) is 63.6 Å². The first-order valence-corrected chi connectivity index (χ1v) is 35.7. The molecule has 642 valence electrons. The van der Waals surface area contributed by atoms with E-state index in [4.69, 9.17) is 80.5 Å². The van der Waals surface area contributed by atoms with Crippen LogP contribution in [0.3, 0.4) is 0 Å². The smallest absolute Gasteiger partial charge is 0.364 e. The molecule has 1 unspecified atom stereocenters. The average molecular weight is 1620 g/mol. The minimum absolute atomic E-state index is 0.813. The Kier molecular flexibility index (Phi) is 31.5. The highest BCUT2D eigenvalue weighted by atomic mass is 16.8. The molecule has 9 aliphatic heterocycles.